The van der Waals surface area contributed by atoms with Gasteiger partial charge in [-0.05, 0) is 255 Å². The molecular formula is C80H94F9N11O8. The van der Waals surface area contributed by atoms with E-state index in [0.717, 1.165) is 161 Å². The standard InChI is InChI=1S/C28H33F3N4O2.C23H24F3N3O3.C23H22F3N3O3.C5H11N.CH4/c29-28(30,31)22-6-4-5-21(16-22)26(37)33-27-32-24-15-20(17-34-13-2-1-3-14-34)9-12-25(24)35(27)23-10-7-19(18-36)8-11-23;2*24-23(25,26)17-3-1-2-16(11-17)21(32)28-22-27-19-10-15(13-31)6-9-20(19)29(22)18-7-4-14(12-30)5-8-18;1-2-4-6-5-3-1;/h4-6,9,12,15-16,19,23,36H,1-3,7-8,10-11,13-14,17-18H2,(H,32,33,37);1-3,6,9-11,14,18,30-31H,4-5,7-8,12-13H2,(H,27,28,32);1-3,6,9-11,13-14,18,30H,4-5,7-8,12H2,(H,27,28,32);6H,1-5H2;1H4. The molecule has 28 heteroatoms. The molecule has 3 saturated carbocycles. The average molecular weight is 1510 g/mol. The number of likely N-dealkylation sites (tertiary alicyclic amines) is 1. The Hall–Kier alpha value is -9.06. The summed E-state index contributed by atoms with van der Waals surface area (Å²) in [6.07, 6.45) is 4.75. The van der Waals surface area contributed by atoms with Crippen LogP contribution in [0.4, 0.5) is 57.4 Å². The van der Waals surface area contributed by atoms with Gasteiger partial charge in [0, 0.05) is 66.7 Å². The molecule has 3 amide bonds. The van der Waals surface area contributed by atoms with Crippen LogP contribution < -0.4 is 21.3 Å². The number of aliphatic hydroxyl groups excluding tert-OH is 4. The number of nitrogens with one attached hydrogen (secondary N) is 4. The van der Waals surface area contributed by atoms with Gasteiger partial charge in [0.2, 0.25) is 17.8 Å². The molecule has 14 rings (SSSR count). The lowest BCUT2D eigenvalue weighted by molar-refractivity contribution is -0.138. The molecule has 3 aromatic heterocycles. The molecule has 5 fully saturated rings. The van der Waals surface area contributed by atoms with Crippen molar-refractivity contribution in [2.45, 2.75) is 173 Å². The Morgan fingerprint density at radius 2 is 0.778 bits per heavy atom. The van der Waals surface area contributed by atoms with Crippen molar-refractivity contribution in [2.75, 3.05) is 62.0 Å². The summed E-state index contributed by atoms with van der Waals surface area (Å²) in [5, 5.41) is 49.3. The number of piperidine rings is 2. The van der Waals surface area contributed by atoms with Crippen molar-refractivity contribution in [2.24, 2.45) is 17.8 Å². The first-order valence-corrected chi connectivity index (χ1v) is 36.7. The predicted octanol–water partition coefficient (Wildman–Crippen LogP) is 16.8. The van der Waals surface area contributed by atoms with Crippen LogP contribution in [0.5, 0.6) is 0 Å². The fourth-order valence-corrected chi connectivity index (χ4v) is 15.0. The summed E-state index contributed by atoms with van der Waals surface area (Å²) in [5.74, 6) is -0.448. The zero-order chi connectivity index (χ0) is 76.0. The van der Waals surface area contributed by atoms with Crippen LogP contribution in [0.25, 0.3) is 33.1 Å². The topological polar surface area (TPSA) is 254 Å². The van der Waals surface area contributed by atoms with E-state index >= 15 is 0 Å². The molecule has 2 saturated heterocycles. The maximum atomic E-state index is 13.2. The molecule has 9 aromatic rings. The smallest absolute Gasteiger partial charge is 0.396 e. The van der Waals surface area contributed by atoms with Gasteiger partial charge in [0.1, 0.15) is 6.29 Å². The largest absolute Gasteiger partial charge is 0.416 e. The Balaban J connectivity index is 0.000000166. The lowest BCUT2D eigenvalue weighted by Gasteiger charge is -2.30. The highest BCUT2D eigenvalue weighted by molar-refractivity contribution is 6.06. The second kappa shape index (κ2) is 36.9. The highest BCUT2D eigenvalue weighted by Crippen LogP contribution is 2.42. The number of amides is 3. The van der Waals surface area contributed by atoms with Crippen LogP contribution in [0.1, 0.15) is 210 Å². The number of carbonyl (C=O) groups excluding carboxylic acids is 4. The van der Waals surface area contributed by atoms with Crippen LogP contribution >= 0.6 is 0 Å². The molecule has 5 heterocycles. The van der Waals surface area contributed by atoms with Gasteiger partial charge in [0.15, 0.2) is 0 Å². The minimum atomic E-state index is -4.56. The first-order valence-electron chi connectivity index (χ1n) is 36.7. The van der Waals surface area contributed by atoms with Gasteiger partial charge in [0.25, 0.3) is 17.7 Å². The summed E-state index contributed by atoms with van der Waals surface area (Å²) in [6, 6.07) is 29.6. The fraction of sp³-hybridized carbons (Fsp3) is 0.463. The molecule has 108 heavy (non-hydrogen) atoms. The lowest BCUT2D eigenvalue weighted by atomic mass is 9.86. The quantitative estimate of drug-likeness (QED) is 0.0331. The Kier molecular flexibility index (Phi) is 27.8. The minimum Gasteiger partial charge on any atom is -0.396 e. The number of anilines is 3. The Bertz CT molecular complexity index is 4490. The Labute approximate surface area is 620 Å². The molecule has 2 aliphatic heterocycles. The highest BCUT2D eigenvalue weighted by Gasteiger charge is 2.36. The van der Waals surface area contributed by atoms with E-state index in [-0.39, 0.29) is 98.3 Å². The van der Waals surface area contributed by atoms with Crippen LogP contribution in [-0.4, -0.2) is 124 Å². The maximum absolute atomic E-state index is 13.2. The third kappa shape index (κ3) is 20.6. The number of alkyl halides is 9. The van der Waals surface area contributed by atoms with E-state index < -0.39 is 52.9 Å². The zero-order valence-electron chi connectivity index (χ0n) is 59.2. The fourth-order valence-electron chi connectivity index (χ4n) is 15.0. The molecule has 6 aromatic carbocycles. The van der Waals surface area contributed by atoms with Crippen LogP contribution in [0.2, 0.25) is 0 Å². The molecule has 19 nitrogen and oxygen atoms in total. The number of imidazole rings is 3. The normalized spacial score (nSPS) is 20.0. The van der Waals surface area contributed by atoms with Crippen LogP contribution in [-0.2, 0) is 31.7 Å². The third-order valence-electron chi connectivity index (χ3n) is 21.0. The second-order valence-corrected chi connectivity index (χ2v) is 28.4. The SMILES string of the molecule is C.C1CCNCC1.O=C(Nc1nc2cc(CN3CCCCC3)ccc2n1C1CCC(CO)CC1)c1cccc(C(F)(F)F)c1.O=C(Nc1nc2cc(CO)ccc2n1C1CCC(CO)CC1)c1cccc(C(F)(F)F)c1.O=Cc1ccc2c(c1)nc(NC(=O)c1cccc(C(F)(F)F)c1)n2C1CCC(CO)CC1. The summed E-state index contributed by atoms with van der Waals surface area (Å²) < 4.78 is 124. The van der Waals surface area contributed by atoms with Gasteiger partial charge in [-0.2, -0.15) is 39.5 Å². The molecule has 0 unspecified atom stereocenters. The lowest BCUT2D eigenvalue weighted by Crippen LogP contribution is -2.29. The number of carbonyl (C=O) groups is 4. The minimum absolute atomic E-state index is 0. The molecule has 0 atom stereocenters. The molecule has 0 radical (unpaired) electrons. The van der Waals surface area contributed by atoms with Crippen molar-refractivity contribution in [1.82, 2.24) is 38.9 Å². The number of hydrogen-bond donors (Lipinski definition) is 8. The second-order valence-electron chi connectivity index (χ2n) is 28.4. The molecule has 0 spiro atoms. The van der Waals surface area contributed by atoms with Gasteiger partial charge in [0.05, 0.1) is 56.4 Å². The van der Waals surface area contributed by atoms with E-state index in [1.54, 1.807) is 30.3 Å². The van der Waals surface area contributed by atoms with Crippen LogP contribution in [0.15, 0.2) is 127 Å². The van der Waals surface area contributed by atoms with Gasteiger partial charge in [-0.15, -0.1) is 0 Å². The van der Waals surface area contributed by atoms with Crippen molar-refractivity contribution >= 4 is 75.0 Å². The Morgan fingerprint density at radius 3 is 1.10 bits per heavy atom. The number of nitrogens with zero attached hydrogens (tertiary/aromatic N) is 7. The first-order chi connectivity index (χ1) is 51.4. The van der Waals surface area contributed by atoms with Crippen molar-refractivity contribution in [3.8, 4) is 0 Å². The van der Waals surface area contributed by atoms with Gasteiger partial charge in [-0.3, -0.25) is 40.0 Å². The number of benzene rings is 6. The number of halogens is 9. The number of aliphatic hydroxyl groups is 4. The van der Waals surface area contributed by atoms with Crippen LogP contribution in [0, 0.1) is 17.8 Å². The van der Waals surface area contributed by atoms with Crippen molar-refractivity contribution in [1.29, 1.82) is 0 Å². The molecule has 580 valence electrons. The highest BCUT2D eigenvalue weighted by atomic mass is 19.4. The average Bonchev–Trinajstić information content (AvgIpc) is 1.63. The summed E-state index contributed by atoms with van der Waals surface area (Å²) in [4.78, 5) is 66.0. The molecule has 5 aliphatic rings. The van der Waals surface area contributed by atoms with E-state index in [1.807, 2.05) is 25.8 Å². The summed E-state index contributed by atoms with van der Waals surface area (Å²) in [5.41, 5.74) is 3.53. The molecule has 0 bridgehead atoms. The summed E-state index contributed by atoms with van der Waals surface area (Å²) >= 11 is 0. The van der Waals surface area contributed by atoms with Gasteiger partial charge in [-0.25, -0.2) is 15.0 Å². The molecule has 8 N–H and O–H groups in total. The number of hydrogen-bond acceptors (Lipinski definition) is 13. The number of aromatic nitrogens is 6. The van der Waals surface area contributed by atoms with E-state index in [1.165, 1.54) is 88.0 Å². The summed E-state index contributed by atoms with van der Waals surface area (Å²) in [7, 11) is 0. The number of aldehydes is 1. The first kappa shape index (κ1) is 81.5. The maximum Gasteiger partial charge on any atom is 0.416 e. The Morgan fingerprint density at radius 1 is 0.435 bits per heavy atom. The zero-order valence-corrected chi connectivity index (χ0v) is 59.2. The van der Waals surface area contributed by atoms with Crippen LogP contribution in [0.3, 0.4) is 0 Å². The summed E-state index contributed by atoms with van der Waals surface area (Å²) in [6.45, 7) is 5.77. The third-order valence-corrected chi connectivity index (χ3v) is 21.0. The van der Waals surface area contributed by atoms with E-state index in [2.05, 4.69) is 48.3 Å². The number of fused-ring (bicyclic) bond motifs is 3. The predicted molar refractivity (Wildman–Crippen MR) is 396 cm³/mol. The van der Waals surface area contributed by atoms with Gasteiger partial charge < -0.3 is 39.4 Å². The van der Waals surface area contributed by atoms with Crippen molar-refractivity contribution in [3.05, 3.63) is 177 Å². The van der Waals surface area contributed by atoms with E-state index in [0.29, 0.717) is 34.4 Å². The van der Waals surface area contributed by atoms with E-state index in [9.17, 15) is 79.1 Å². The van der Waals surface area contributed by atoms with Crippen molar-refractivity contribution in [3.63, 3.8) is 0 Å². The monoisotopic (exact) mass is 1510 g/mol. The van der Waals surface area contributed by atoms with Crippen molar-refractivity contribution < 1.29 is 79.1 Å². The molecule has 3 aliphatic carbocycles. The number of rotatable bonds is 16. The van der Waals surface area contributed by atoms with E-state index in [4.69, 9.17) is 4.98 Å². The molecular weight excluding hydrogens is 1410 g/mol. The van der Waals surface area contributed by atoms with Gasteiger partial charge >= 0.3 is 18.5 Å². The van der Waals surface area contributed by atoms with Gasteiger partial charge in [-0.1, -0.05) is 50.6 Å².